The SMILES string of the molecule is Cc1cc(=O)[nH]c(S[C@H](C)C(=O)N2CCc3[nH]nc(C(C)(C)C)c3C2)n1. The van der Waals surface area contributed by atoms with Crippen LogP contribution in [0, 0.1) is 6.92 Å². The van der Waals surface area contributed by atoms with Gasteiger partial charge in [0, 0.05) is 47.9 Å². The van der Waals surface area contributed by atoms with E-state index in [-0.39, 0.29) is 22.1 Å². The average molecular weight is 375 g/mol. The Labute approximate surface area is 157 Å². The molecule has 0 aromatic carbocycles. The van der Waals surface area contributed by atoms with Crippen LogP contribution in [0.1, 0.15) is 50.3 Å². The number of hydrogen-bond acceptors (Lipinski definition) is 5. The second-order valence-corrected chi connectivity index (χ2v) is 9.07. The molecular formula is C18H25N5O2S. The summed E-state index contributed by atoms with van der Waals surface area (Å²) >= 11 is 1.29. The predicted octanol–water partition coefficient (Wildman–Crippen LogP) is 2.16. The van der Waals surface area contributed by atoms with Gasteiger partial charge in [-0.25, -0.2) is 4.98 Å². The van der Waals surface area contributed by atoms with E-state index in [4.69, 9.17) is 0 Å². The fourth-order valence-electron chi connectivity index (χ4n) is 3.19. The molecule has 1 amide bonds. The Balaban J connectivity index is 1.74. The molecule has 0 saturated carbocycles. The first kappa shape index (κ1) is 18.7. The topological polar surface area (TPSA) is 94.7 Å². The molecule has 0 fully saturated rings. The van der Waals surface area contributed by atoms with Crippen molar-refractivity contribution in [3.8, 4) is 0 Å². The Bertz CT molecular complexity index is 880. The lowest BCUT2D eigenvalue weighted by atomic mass is 9.87. The molecule has 2 N–H and O–H groups in total. The molecule has 7 nitrogen and oxygen atoms in total. The summed E-state index contributed by atoms with van der Waals surface area (Å²) in [6.07, 6.45) is 0.779. The van der Waals surface area contributed by atoms with E-state index in [2.05, 4.69) is 40.9 Å². The molecular weight excluding hydrogens is 350 g/mol. The average Bonchev–Trinajstić information content (AvgIpc) is 2.96. The number of nitrogens with one attached hydrogen (secondary N) is 2. The minimum absolute atomic E-state index is 0.0471. The van der Waals surface area contributed by atoms with Crippen LogP contribution < -0.4 is 5.56 Å². The van der Waals surface area contributed by atoms with Crippen LogP contribution in [0.15, 0.2) is 16.0 Å². The molecule has 3 rings (SSSR count). The number of thioether (sulfide) groups is 1. The van der Waals surface area contributed by atoms with Gasteiger partial charge in [-0.2, -0.15) is 5.10 Å². The fourth-order valence-corrected chi connectivity index (χ4v) is 4.13. The molecule has 0 bridgehead atoms. The zero-order valence-electron chi connectivity index (χ0n) is 15.8. The van der Waals surface area contributed by atoms with E-state index >= 15 is 0 Å². The number of rotatable bonds is 3. The number of carbonyl (C=O) groups excluding carboxylic acids is 1. The van der Waals surface area contributed by atoms with Crippen molar-refractivity contribution in [3.63, 3.8) is 0 Å². The highest BCUT2D eigenvalue weighted by Crippen LogP contribution is 2.30. The molecule has 0 aliphatic carbocycles. The van der Waals surface area contributed by atoms with Crippen LogP contribution >= 0.6 is 11.8 Å². The van der Waals surface area contributed by atoms with Gasteiger partial charge in [-0.3, -0.25) is 14.7 Å². The Morgan fingerprint density at radius 2 is 2.12 bits per heavy atom. The first-order valence-corrected chi connectivity index (χ1v) is 9.63. The highest BCUT2D eigenvalue weighted by Gasteiger charge is 2.31. The van der Waals surface area contributed by atoms with Gasteiger partial charge in [-0.15, -0.1) is 0 Å². The second kappa shape index (κ2) is 6.90. The number of carbonyl (C=O) groups is 1. The van der Waals surface area contributed by atoms with E-state index in [1.165, 1.54) is 17.8 Å². The highest BCUT2D eigenvalue weighted by molar-refractivity contribution is 8.00. The second-order valence-electron chi connectivity index (χ2n) is 7.74. The number of amides is 1. The van der Waals surface area contributed by atoms with Crippen molar-refractivity contribution >= 4 is 17.7 Å². The fraction of sp³-hybridized carbons (Fsp3) is 0.556. The van der Waals surface area contributed by atoms with E-state index in [9.17, 15) is 9.59 Å². The molecule has 0 unspecified atom stereocenters. The summed E-state index contributed by atoms with van der Waals surface area (Å²) in [5.41, 5.74) is 3.67. The van der Waals surface area contributed by atoms with Gasteiger partial charge in [-0.05, 0) is 13.8 Å². The van der Waals surface area contributed by atoms with Gasteiger partial charge >= 0.3 is 0 Å². The summed E-state index contributed by atoms with van der Waals surface area (Å²) in [5.74, 6) is 0.0471. The van der Waals surface area contributed by atoms with E-state index in [1.54, 1.807) is 6.92 Å². The van der Waals surface area contributed by atoms with Crippen molar-refractivity contribution in [2.24, 2.45) is 0 Å². The molecule has 1 atom stereocenters. The summed E-state index contributed by atoms with van der Waals surface area (Å²) in [4.78, 5) is 33.4. The van der Waals surface area contributed by atoms with Gasteiger partial charge < -0.3 is 9.88 Å². The Kier molecular flexibility index (Phi) is 4.96. The van der Waals surface area contributed by atoms with E-state index < -0.39 is 0 Å². The van der Waals surface area contributed by atoms with Gasteiger partial charge in [0.1, 0.15) is 0 Å². The maximum Gasteiger partial charge on any atom is 0.251 e. The van der Waals surface area contributed by atoms with Crippen molar-refractivity contribution in [2.75, 3.05) is 6.54 Å². The molecule has 3 heterocycles. The van der Waals surface area contributed by atoms with Crippen molar-refractivity contribution in [2.45, 2.75) is 63.4 Å². The lowest BCUT2D eigenvalue weighted by molar-refractivity contribution is -0.131. The summed E-state index contributed by atoms with van der Waals surface area (Å²) in [7, 11) is 0. The maximum absolute atomic E-state index is 12.9. The van der Waals surface area contributed by atoms with Gasteiger partial charge in [0.05, 0.1) is 10.9 Å². The van der Waals surface area contributed by atoms with Crippen LogP contribution in [0.2, 0.25) is 0 Å². The van der Waals surface area contributed by atoms with Crippen molar-refractivity contribution in [3.05, 3.63) is 39.1 Å². The quantitative estimate of drug-likeness (QED) is 0.633. The molecule has 0 radical (unpaired) electrons. The van der Waals surface area contributed by atoms with E-state index in [0.717, 1.165) is 23.4 Å². The number of aromatic amines is 2. The zero-order chi connectivity index (χ0) is 19.1. The molecule has 2 aromatic rings. The van der Waals surface area contributed by atoms with Gasteiger partial charge in [0.25, 0.3) is 5.56 Å². The monoisotopic (exact) mass is 375 g/mol. The molecule has 2 aromatic heterocycles. The number of hydrogen-bond donors (Lipinski definition) is 2. The Hall–Kier alpha value is -2.09. The molecule has 0 spiro atoms. The van der Waals surface area contributed by atoms with Crippen LogP contribution in [-0.2, 0) is 23.2 Å². The first-order chi connectivity index (χ1) is 12.1. The number of nitrogens with zero attached hydrogens (tertiary/aromatic N) is 3. The number of aromatic nitrogens is 4. The molecule has 1 aliphatic heterocycles. The van der Waals surface area contributed by atoms with Crippen molar-refractivity contribution < 1.29 is 4.79 Å². The molecule has 0 saturated heterocycles. The van der Waals surface area contributed by atoms with Crippen LogP contribution in [0.5, 0.6) is 0 Å². The summed E-state index contributed by atoms with van der Waals surface area (Å²) < 4.78 is 0. The lowest BCUT2D eigenvalue weighted by Gasteiger charge is -2.30. The van der Waals surface area contributed by atoms with E-state index in [1.807, 2.05) is 11.8 Å². The zero-order valence-corrected chi connectivity index (χ0v) is 16.7. The van der Waals surface area contributed by atoms with E-state index in [0.29, 0.717) is 23.9 Å². The first-order valence-electron chi connectivity index (χ1n) is 8.75. The number of fused-ring (bicyclic) bond motifs is 1. The van der Waals surface area contributed by atoms with Crippen LogP contribution in [0.4, 0.5) is 0 Å². The normalized spacial score (nSPS) is 15.7. The van der Waals surface area contributed by atoms with Gasteiger partial charge in [-0.1, -0.05) is 32.5 Å². The standard InChI is InChI=1S/C18H25N5O2S/c1-10-8-14(24)20-17(19-10)26-11(2)16(25)23-7-6-13-12(9-23)15(22-21-13)18(3,4)5/h8,11H,6-7,9H2,1-5H3,(H,21,22)(H,19,20,24)/t11-/m1/s1. The summed E-state index contributed by atoms with van der Waals surface area (Å²) in [6, 6.07) is 1.44. The smallest absolute Gasteiger partial charge is 0.251 e. The lowest BCUT2D eigenvalue weighted by Crippen LogP contribution is -2.40. The molecule has 140 valence electrons. The van der Waals surface area contributed by atoms with Crippen LogP contribution in [0.3, 0.4) is 0 Å². The third-order valence-corrected chi connectivity index (χ3v) is 5.41. The third kappa shape index (κ3) is 3.85. The molecule has 8 heteroatoms. The minimum Gasteiger partial charge on any atom is -0.337 e. The van der Waals surface area contributed by atoms with Gasteiger partial charge in [0.15, 0.2) is 5.16 Å². The highest BCUT2D eigenvalue weighted by atomic mass is 32.2. The maximum atomic E-state index is 12.9. The predicted molar refractivity (Wildman–Crippen MR) is 101 cm³/mol. The van der Waals surface area contributed by atoms with Crippen molar-refractivity contribution in [1.29, 1.82) is 0 Å². The van der Waals surface area contributed by atoms with Crippen LogP contribution in [-0.4, -0.2) is 42.8 Å². The van der Waals surface area contributed by atoms with Crippen molar-refractivity contribution in [1.82, 2.24) is 25.1 Å². The largest absolute Gasteiger partial charge is 0.337 e. The Morgan fingerprint density at radius 1 is 1.38 bits per heavy atom. The summed E-state index contributed by atoms with van der Waals surface area (Å²) in [5, 5.41) is 7.76. The molecule has 26 heavy (non-hydrogen) atoms. The Morgan fingerprint density at radius 3 is 2.77 bits per heavy atom. The number of aryl methyl sites for hydroxylation is 1. The van der Waals surface area contributed by atoms with Gasteiger partial charge in [0.2, 0.25) is 5.91 Å². The molecule has 1 aliphatic rings. The summed E-state index contributed by atoms with van der Waals surface area (Å²) in [6.45, 7) is 11.2. The number of H-pyrrole nitrogens is 2. The third-order valence-electron chi connectivity index (χ3n) is 4.44. The minimum atomic E-state index is -0.327. The van der Waals surface area contributed by atoms with Crippen LogP contribution in [0.25, 0.3) is 0 Å².